The number of hydrogen-bond donors (Lipinski definition) is 2. The van der Waals surface area contributed by atoms with Crippen LogP contribution in [0.2, 0.25) is 0 Å². The molecule has 0 aromatic carbocycles. The summed E-state index contributed by atoms with van der Waals surface area (Å²) in [4.78, 5) is 13.2. The molecule has 3 rings (SSSR count). The van der Waals surface area contributed by atoms with Crippen LogP contribution in [0, 0.1) is 0 Å². The molecule has 1 aliphatic heterocycles. The average Bonchev–Trinajstić information content (AvgIpc) is 2.76. The SMILES string of the molecule is CCC[NH+]1CCc2c(sc3nc(SC)nc(N)c23)C1. The molecule has 0 saturated carbocycles. The molecule has 0 saturated heterocycles. The van der Waals surface area contributed by atoms with Gasteiger partial charge in [-0.25, -0.2) is 9.97 Å². The molecule has 1 atom stereocenters. The molecule has 2 aromatic rings. The van der Waals surface area contributed by atoms with E-state index < -0.39 is 0 Å². The first-order valence-electron chi connectivity index (χ1n) is 6.68. The zero-order valence-corrected chi connectivity index (χ0v) is 13.0. The van der Waals surface area contributed by atoms with E-state index in [-0.39, 0.29) is 0 Å². The van der Waals surface area contributed by atoms with Crippen LogP contribution in [-0.4, -0.2) is 29.3 Å². The molecule has 2 aromatic heterocycles. The van der Waals surface area contributed by atoms with Gasteiger partial charge >= 0.3 is 0 Å². The van der Waals surface area contributed by atoms with Gasteiger partial charge in [0.25, 0.3) is 0 Å². The molecule has 0 radical (unpaired) electrons. The second-order valence-corrected chi connectivity index (χ2v) is 6.81. The predicted octanol–water partition coefficient (Wildman–Crippen LogP) is 1.35. The highest BCUT2D eigenvalue weighted by molar-refractivity contribution is 7.98. The Morgan fingerprint density at radius 1 is 1.42 bits per heavy atom. The molecule has 0 spiro atoms. The Morgan fingerprint density at radius 3 is 3.00 bits per heavy atom. The van der Waals surface area contributed by atoms with Crippen LogP contribution in [0.5, 0.6) is 0 Å². The van der Waals surface area contributed by atoms with Crippen molar-refractivity contribution >= 4 is 39.1 Å². The fourth-order valence-corrected chi connectivity index (χ4v) is 4.52. The smallest absolute Gasteiger partial charge is 0.190 e. The van der Waals surface area contributed by atoms with E-state index in [1.807, 2.05) is 17.6 Å². The number of nitrogen functional groups attached to an aromatic ring is 1. The molecule has 1 aliphatic rings. The Bertz CT molecular complexity index is 608. The molecule has 3 heterocycles. The Balaban J connectivity index is 2.05. The summed E-state index contributed by atoms with van der Waals surface area (Å²) in [5, 5.41) is 1.90. The predicted molar refractivity (Wildman–Crippen MR) is 82.0 cm³/mol. The van der Waals surface area contributed by atoms with E-state index in [0.29, 0.717) is 5.82 Å². The molecule has 19 heavy (non-hydrogen) atoms. The summed E-state index contributed by atoms with van der Waals surface area (Å²) in [5.41, 5.74) is 7.54. The van der Waals surface area contributed by atoms with Gasteiger partial charge in [0.1, 0.15) is 17.2 Å². The first-order valence-corrected chi connectivity index (χ1v) is 8.72. The Labute approximate surface area is 121 Å². The van der Waals surface area contributed by atoms with Crippen molar-refractivity contribution in [1.29, 1.82) is 0 Å². The number of nitrogens with one attached hydrogen (secondary N) is 1. The van der Waals surface area contributed by atoms with Crippen LogP contribution in [0.4, 0.5) is 5.82 Å². The number of thiophene rings is 1. The quantitative estimate of drug-likeness (QED) is 0.663. The summed E-state index contributed by atoms with van der Waals surface area (Å²) >= 11 is 3.36. The zero-order valence-electron chi connectivity index (χ0n) is 11.3. The molecule has 0 aliphatic carbocycles. The summed E-state index contributed by atoms with van der Waals surface area (Å²) in [5.74, 6) is 0.658. The molecule has 0 fully saturated rings. The molecule has 3 N–H and O–H groups in total. The first kappa shape index (κ1) is 13.1. The van der Waals surface area contributed by atoms with Crippen LogP contribution in [0.1, 0.15) is 23.8 Å². The number of thioether (sulfide) groups is 1. The zero-order chi connectivity index (χ0) is 13.4. The van der Waals surface area contributed by atoms with Gasteiger partial charge in [0.05, 0.1) is 23.4 Å². The standard InChI is InChI=1S/C13H18N4S2/c1-3-5-17-6-4-8-9(7-17)19-12-10(8)11(14)15-13(16-12)18-2/h3-7H2,1-2H3,(H2,14,15,16)/p+1. The number of aromatic nitrogens is 2. The van der Waals surface area contributed by atoms with Crippen molar-refractivity contribution < 1.29 is 4.90 Å². The second-order valence-electron chi connectivity index (χ2n) is 4.96. The molecule has 0 bridgehead atoms. The molecule has 102 valence electrons. The lowest BCUT2D eigenvalue weighted by Gasteiger charge is -2.23. The van der Waals surface area contributed by atoms with Crippen molar-refractivity contribution in [3.05, 3.63) is 10.4 Å². The Kier molecular flexibility index (Phi) is 3.64. The van der Waals surface area contributed by atoms with Crippen LogP contribution < -0.4 is 10.6 Å². The third-order valence-electron chi connectivity index (χ3n) is 3.67. The van der Waals surface area contributed by atoms with E-state index in [2.05, 4.69) is 16.9 Å². The molecule has 4 nitrogen and oxygen atoms in total. The van der Waals surface area contributed by atoms with Crippen LogP contribution >= 0.6 is 23.1 Å². The van der Waals surface area contributed by atoms with E-state index in [9.17, 15) is 0 Å². The van der Waals surface area contributed by atoms with E-state index in [4.69, 9.17) is 5.73 Å². The summed E-state index contributed by atoms with van der Waals surface area (Å²) in [7, 11) is 0. The van der Waals surface area contributed by atoms with Crippen molar-refractivity contribution in [1.82, 2.24) is 9.97 Å². The number of rotatable bonds is 3. The highest BCUT2D eigenvalue weighted by atomic mass is 32.2. The maximum Gasteiger partial charge on any atom is 0.190 e. The summed E-state index contributed by atoms with van der Waals surface area (Å²) < 4.78 is 0. The molecule has 6 heteroatoms. The molecular formula is C13H19N4S2+. The van der Waals surface area contributed by atoms with E-state index in [1.165, 1.54) is 30.0 Å². The Hall–Kier alpha value is -0.850. The Morgan fingerprint density at radius 2 is 2.26 bits per heavy atom. The van der Waals surface area contributed by atoms with Gasteiger partial charge in [-0.1, -0.05) is 18.7 Å². The van der Waals surface area contributed by atoms with E-state index in [0.717, 1.165) is 28.3 Å². The average molecular weight is 295 g/mol. The minimum atomic E-state index is 0.658. The molecule has 0 amide bonds. The van der Waals surface area contributed by atoms with E-state index in [1.54, 1.807) is 16.7 Å². The highest BCUT2D eigenvalue weighted by Gasteiger charge is 2.25. The normalized spacial score (nSPS) is 18.7. The number of quaternary nitrogens is 1. The largest absolute Gasteiger partial charge is 0.383 e. The molecule has 1 unspecified atom stereocenters. The third kappa shape index (κ3) is 2.32. The summed E-state index contributed by atoms with van der Waals surface area (Å²) in [6, 6.07) is 0. The van der Waals surface area contributed by atoms with E-state index >= 15 is 0 Å². The maximum atomic E-state index is 6.13. The molecular weight excluding hydrogens is 276 g/mol. The van der Waals surface area contributed by atoms with Gasteiger partial charge in [-0.15, -0.1) is 11.3 Å². The van der Waals surface area contributed by atoms with Gasteiger partial charge in [-0.3, -0.25) is 0 Å². The third-order valence-corrected chi connectivity index (χ3v) is 5.34. The van der Waals surface area contributed by atoms with Gasteiger partial charge in [-0.2, -0.15) is 0 Å². The minimum absolute atomic E-state index is 0.658. The first-order chi connectivity index (χ1) is 9.22. The minimum Gasteiger partial charge on any atom is -0.383 e. The van der Waals surface area contributed by atoms with Crippen LogP contribution in [0.15, 0.2) is 5.16 Å². The fraction of sp³-hybridized carbons (Fsp3) is 0.538. The van der Waals surface area contributed by atoms with Crippen LogP contribution in [-0.2, 0) is 13.0 Å². The van der Waals surface area contributed by atoms with Gasteiger partial charge < -0.3 is 10.6 Å². The number of nitrogens with zero attached hydrogens (tertiary/aromatic N) is 2. The summed E-state index contributed by atoms with van der Waals surface area (Å²) in [6.07, 6.45) is 4.34. The number of fused-ring (bicyclic) bond motifs is 3. The van der Waals surface area contributed by atoms with Gasteiger partial charge in [-0.05, 0) is 18.2 Å². The van der Waals surface area contributed by atoms with Gasteiger partial charge in [0.15, 0.2) is 5.16 Å². The van der Waals surface area contributed by atoms with Crippen molar-refractivity contribution in [2.45, 2.75) is 31.5 Å². The fourth-order valence-electron chi connectivity index (χ4n) is 2.79. The van der Waals surface area contributed by atoms with Crippen LogP contribution in [0.3, 0.4) is 0 Å². The summed E-state index contributed by atoms with van der Waals surface area (Å²) in [6.45, 7) is 5.83. The number of anilines is 1. The lowest BCUT2D eigenvalue weighted by atomic mass is 10.1. The maximum absolute atomic E-state index is 6.13. The number of nitrogens with two attached hydrogens (primary N) is 1. The van der Waals surface area contributed by atoms with Crippen molar-refractivity contribution in [3.8, 4) is 0 Å². The van der Waals surface area contributed by atoms with Gasteiger partial charge in [0.2, 0.25) is 0 Å². The topological polar surface area (TPSA) is 56.2 Å². The van der Waals surface area contributed by atoms with Crippen LogP contribution in [0.25, 0.3) is 10.2 Å². The van der Waals surface area contributed by atoms with Gasteiger partial charge in [0, 0.05) is 6.42 Å². The highest BCUT2D eigenvalue weighted by Crippen LogP contribution is 2.35. The van der Waals surface area contributed by atoms with Crippen molar-refractivity contribution in [3.63, 3.8) is 0 Å². The monoisotopic (exact) mass is 295 g/mol. The van der Waals surface area contributed by atoms with Crippen molar-refractivity contribution in [2.24, 2.45) is 0 Å². The lowest BCUT2D eigenvalue weighted by molar-refractivity contribution is -0.915. The second kappa shape index (κ2) is 5.26. The lowest BCUT2D eigenvalue weighted by Crippen LogP contribution is -3.11. The van der Waals surface area contributed by atoms with Crippen molar-refractivity contribution in [2.75, 3.05) is 25.1 Å². The number of hydrogen-bond acceptors (Lipinski definition) is 5.